The van der Waals surface area contributed by atoms with Crippen LogP contribution in [0.15, 0.2) is 29.5 Å². The maximum Gasteiger partial charge on any atom is 0.428 e. The minimum atomic E-state index is -1.07. The molecule has 1 N–H and O–H groups in total. The van der Waals surface area contributed by atoms with E-state index in [-0.39, 0.29) is 0 Å². The summed E-state index contributed by atoms with van der Waals surface area (Å²) in [5.74, 6) is 0. The van der Waals surface area contributed by atoms with Gasteiger partial charge in [-0.2, -0.15) is 10.1 Å². The van der Waals surface area contributed by atoms with Crippen molar-refractivity contribution in [1.29, 1.82) is 0 Å². The zero-order chi connectivity index (χ0) is 13.8. The van der Waals surface area contributed by atoms with Gasteiger partial charge in [0.15, 0.2) is 0 Å². The summed E-state index contributed by atoms with van der Waals surface area (Å²) >= 11 is 0. The van der Waals surface area contributed by atoms with Gasteiger partial charge in [0.25, 0.3) is 0 Å². The molecule has 0 atom stereocenters. The second kappa shape index (κ2) is 5.62. The quantitative estimate of drug-likeness (QED) is 0.661. The summed E-state index contributed by atoms with van der Waals surface area (Å²) in [6, 6.07) is 5.50. The number of pyridine rings is 1. The lowest BCUT2D eigenvalue weighted by Gasteiger charge is -2.29. The van der Waals surface area contributed by atoms with E-state index in [0.29, 0.717) is 17.8 Å². The first kappa shape index (κ1) is 14.2. The molecule has 0 aliphatic heterocycles. The van der Waals surface area contributed by atoms with E-state index in [1.165, 1.54) is 0 Å². The third kappa shape index (κ3) is 3.55. The van der Waals surface area contributed by atoms with E-state index in [9.17, 15) is 9.90 Å². The highest BCUT2D eigenvalue weighted by Crippen LogP contribution is 2.15. The van der Waals surface area contributed by atoms with Crippen molar-refractivity contribution in [2.75, 3.05) is 0 Å². The fraction of sp³-hybridized carbons (Fsp3) is 0.462. The van der Waals surface area contributed by atoms with Crippen LogP contribution in [0.4, 0.5) is 4.79 Å². The van der Waals surface area contributed by atoms with Gasteiger partial charge in [0, 0.05) is 6.20 Å². The normalized spacial score (nSPS) is 12.3. The van der Waals surface area contributed by atoms with Crippen LogP contribution in [0.2, 0.25) is 0 Å². The Labute approximate surface area is 107 Å². The van der Waals surface area contributed by atoms with Crippen LogP contribution in [0.5, 0.6) is 0 Å². The Morgan fingerprint density at radius 2 is 2.11 bits per heavy atom. The molecule has 0 saturated heterocycles. The SMILES string of the molecule is CCC(=NN(C(=O)O)C(C)(C)C)c1ccccn1. The number of rotatable bonds is 3. The standard InChI is InChI=1S/C13H19N3O2/c1-5-10(11-8-6-7-9-14-11)15-16(12(17)18)13(2,3)4/h6-9H,5H2,1-4H3,(H,17,18). The molecule has 0 aliphatic rings. The van der Waals surface area contributed by atoms with Gasteiger partial charge in [-0.3, -0.25) is 4.98 Å². The summed E-state index contributed by atoms with van der Waals surface area (Å²) in [4.78, 5) is 15.4. The average Bonchev–Trinajstić information content (AvgIpc) is 2.29. The summed E-state index contributed by atoms with van der Waals surface area (Å²) in [5, 5.41) is 14.5. The lowest BCUT2D eigenvalue weighted by atomic mass is 10.1. The van der Waals surface area contributed by atoms with E-state index in [4.69, 9.17) is 0 Å². The lowest BCUT2D eigenvalue weighted by Crippen LogP contribution is -2.41. The van der Waals surface area contributed by atoms with Gasteiger partial charge in [-0.1, -0.05) is 13.0 Å². The first-order valence-electron chi connectivity index (χ1n) is 5.88. The number of hydrazone groups is 1. The maximum absolute atomic E-state index is 11.2. The fourth-order valence-electron chi connectivity index (χ4n) is 1.44. The molecular formula is C13H19N3O2. The van der Waals surface area contributed by atoms with Crippen molar-refractivity contribution >= 4 is 11.8 Å². The molecule has 1 aromatic rings. The Morgan fingerprint density at radius 1 is 1.44 bits per heavy atom. The zero-order valence-corrected chi connectivity index (χ0v) is 11.2. The van der Waals surface area contributed by atoms with Crippen LogP contribution < -0.4 is 0 Å². The molecule has 5 nitrogen and oxygen atoms in total. The van der Waals surface area contributed by atoms with E-state index >= 15 is 0 Å². The summed E-state index contributed by atoms with van der Waals surface area (Å²) < 4.78 is 0. The Bertz CT molecular complexity index is 435. The number of hydrogen-bond donors (Lipinski definition) is 1. The van der Waals surface area contributed by atoms with Crippen LogP contribution in [0.3, 0.4) is 0 Å². The molecule has 18 heavy (non-hydrogen) atoms. The molecule has 1 aromatic heterocycles. The second-order valence-electron chi connectivity index (χ2n) is 4.88. The van der Waals surface area contributed by atoms with Crippen LogP contribution in [-0.2, 0) is 0 Å². The number of nitrogens with zero attached hydrogens (tertiary/aromatic N) is 3. The number of carboxylic acid groups (broad SMARTS) is 1. The van der Waals surface area contributed by atoms with Crippen LogP contribution in [0.25, 0.3) is 0 Å². The molecular weight excluding hydrogens is 230 g/mol. The minimum Gasteiger partial charge on any atom is -0.464 e. The van der Waals surface area contributed by atoms with E-state index in [2.05, 4.69) is 10.1 Å². The van der Waals surface area contributed by atoms with Gasteiger partial charge in [-0.25, -0.2) is 4.79 Å². The molecule has 0 radical (unpaired) electrons. The number of amides is 1. The molecule has 0 unspecified atom stereocenters. The highest BCUT2D eigenvalue weighted by molar-refractivity contribution is 5.99. The molecule has 1 heterocycles. The molecule has 0 aliphatic carbocycles. The van der Waals surface area contributed by atoms with Gasteiger partial charge in [0.1, 0.15) is 0 Å². The third-order valence-corrected chi connectivity index (χ3v) is 2.33. The van der Waals surface area contributed by atoms with Gasteiger partial charge in [-0.05, 0) is 39.3 Å². The monoisotopic (exact) mass is 249 g/mol. The molecule has 0 aromatic carbocycles. The average molecular weight is 249 g/mol. The number of carbonyl (C=O) groups is 1. The third-order valence-electron chi connectivity index (χ3n) is 2.33. The fourth-order valence-corrected chi connectivity index (χ4v) is 1.44. The van der Waals surface area contributed by atoms with E-state index in [1.807, 2.05) is 25.1 Å². The summed E-state index contributed by atoms with van der Waals surface area (Å²) in [7, 11) is 0. The minimum absolute atomic E-state index is 0.582. The van der Waals surface area contributed by atoms with Crippen molar-refractivity contribution in [3.8, 4) is 0 Å². The van der Waals surface area contributed by atoms with E-state index in [0.717, 1.165) is 5.01 Å². The molecule has 0 saturated carbocycles. The van der Waals surface area contributed by atoms with Crippen molar-refractivity contribution in [3.63, 3.8) is 0 Å². The smallest absolute Gasteiger partial charge is 0.428 e. The van der Waals surface area contributed by atoms with Gasteiger partial charge >= 0.3 is 6.09 Å². The molecule has 1 amide bonds. The Kier molecular flexibility index (Phi) is 4.42. The predicted molar refractivity (Wildman–Crippen MR) is 70.7 cm³/mol. The summed E-state index contributed by atoms with van der Waals surface area (Å²) in [6.45, 7) is 7.33. The van der Waals surface area contributed by atoms with Gasteiger partial charge in [0.05, 0.1) is 16.9 Å². The Balaban J connectivity index is 3.14. The second-order valence-corrected chi connectivity index (χ2v) is 4.88. The molecule has 1 rings (SSSR count). The van der Waals surface area contributed by atoms with E-state index in [1.54, 1.807) is 27.0 Å². The van der Waals surface area contributed by atoms with Crippen LogP contribution in [0, 0.1) is 0 Å². The molecule has 0 spiro atoms. The van der Waals surface area contributed by atoms with Gasteiger partial charge in [-0.15, -0.1) is 0 Å². The molecule has 0 bridgehead atoms. The van der Waals surface area contributed by atoms with Crippen molar-refractivity contribution in [1.82, 2.24) is 9.99 Å². The zero-order valence-electron chi connectivity index (χ0n) is 11.2. The summed E-state index contributed by atoms with van der Waals surface area (Å²) in [5.41, 5.74) is 0.782. The first-order valence-corrected chi connectivity index (χ1v) is 5.88. The number of aromatic nitrogens is 1. The first-order chi connectivity index (χ1) is 8.36. The molecule has 98 valence electrons. The van der Waals surface area contributed by atoms with Crippen molar-refractivity contribution in [2.45, 2.75) is 39.7 Å². The maximum atomic E-state index is 11.2. The van der Waals surface area contributed by atoms with Crippen LogP contribution in [-0.4, -0.2) is 32.4 Å². The van der Waals surface area contributed by atoms with Crippen molar-refractivity contribution in [3.05, 3.63) is 30.1 Å². The van der Waals surface area contributed by atoms with Crippen LogP contribution >= 0.6 is 0 Å². The predicted octanol–water partition coefficient (Wildman–Crippen LogP) is 2.97. The molecule has 5 heteroatoms. The van der Waals surface area contributed by atoms with Crippen molar-refractivity contribution in [2.24, 2.45) is 5.10 Å². The van der Waals surface area contributed by atoms with Crippen molar-refractivity contribution < 1.29 is 9.90 Å². The van der Waals surface area contributed by atoms with Gasteiger partial charge < -0.3 is 5.11 Å². The largest absolute Gasteiger partial charge is 0.464 e. The lowest BCUT2D eigenvalue weighted by molar-refractivity contribution is 0.103. The van der Waals surface area contributed by atoms with Gasteiger partial charge in [0.2, 0.25) is 0 Å². The van der Waals surface area contributed by atoms with Crippen LogP contribution in [0.1, 0.15) is 39.8 Å². The Morgan fingerprint density at radius 3 is 2.50 bits per heavy atom. The number of hydrogen-bond acceptors (Lipinski definition) is 3. The highest BCUT2D eigenvalue weighted by Gasteiger charge is 2.26. The topological polar surface area (TPSA) is 65.8 Å². The highest BCUT2D eigenvalue weighted by atomic mass is 16.4. The van der Waals surface area contributed by atoms with E-state index < -0.39 is 11.6 Å². The summed E-state index contributed by atoms with van der Waals surface area (Å²) in [6.07, 6.45) is 1.23. The molecule has 0 fully saturated rings. The Hall–Kier alpha value is -1.91.